The molecular formula is C16H21N3O2. The number of carbonyl (C=O) groups excluding carboxylic acids is 1. The van der Waals surface area contributed by atoms with E-state index in [1.165, 1.54) is 0 Å². The van der Waals surface area contributed by atoms with Crippen molar-refractivity contribution in [1.82, 2.24) is 15.1 Å². The van der Waals surface area contributed by atoms with Crippen LogP contribution in [-0.4, -0.2) is 22.8 Å². The van der Waals surface area contributed by atoms with Gasteiger partial charge in [0.25, 0.3) is 0 Å². The summed E-state index contributed by atoms with van der Waals surface area (Å²) in [4.78, 5) is 12.1. The molecule has 1 heterocycles. The third-order valence-corrected chi connectivity index (χ3v) is 3.64. The number of ether oxygens (including phenoxy) is 1. The second-order valence-corrected chi connectivity index (χ2v) is 5.12. The van der Waals surface area contributed by atoms with Crippen LogP contribution in [0.4, 0.5) is 0 Å². The van der Waals surface area contributed by atoms with Gasteiger partial charge in [-0.05, 0) is 31.5 Å². The van der Waals surface area contributed by atoms with E-state index in [0.29, 0.717) is 6.42 Å². The molecule has 0 radical (unpaired) electrons. The monoisotopic (exact) mass is 287 g/mol. The molecule has 0 spiro atoms. The summed E-state index contributed by atoms with van der Waals surface area (Å²) in [6.07, 6.45) is 2.15. The molecular weight excluding hydrogens is 266 g/mol. The molecule has 1 aromatic carbocycles. The summed E-state index contributed by atoms with van der Waals surface area (Å²) < 4.78 is 6.91. The summed E-state index contributed by atoms with van der Waals surface area (Å²) in [7, 11) is 3.52. The molecule has 1 aromatic heterocycles. The first-order valence-electron chi connectivity index (χ1n) is 6.92. The highest BCUT2D eigenvalue weighted by Gasteiger charge is 2.14. The lowest BCUT2D eigenvalue weighted by Crippen LogP contribution is -2.28. The number of nitrogens with one attached hydrogen (secondary N) is 1. The molecule has 0 aliphatic carbocycles. The van der Waals surface area contributed by atoms with Crippen molar-refractivity contribution in [2.24, 2.45) is 7.05 Å². The molecule has 112 valence electrons. The molecule has 2 aromatic rings. The van der Waals surface area contributed by atoms with Crippen LogP contribution < -0.4 is 10.1 Å². The van der Waals surface area contributed by atoms with Gasteiger partial charge in [0.05, 0.1) is 25.8 Å². The molecule has 1 atom stereocenters. The highest BCUT2D eigenvalue weighted by Crippen LogP contribution is 2.16. The van der Waals surface area contributed by atoms with Gasteiger partial charge in [-0.25, -0.2) is 0 Å². The third kappa shape index (κ3) is 3.62. The van der Waals surface area contributed by atoms with Crippen molar-refractivity contribution in [2.45, 2.75) is 26.3 Å². The summed E-state index contributed by atoms with van der Waals surface area (Å²) in [6.45, 7) is 3.96. The zero-order chi connectivity index (χ0) is 15.4. The first-order chi connectivity index (χ1) is 10.0. The van der Waals surface area contributed by atoms with Crippen LogP contribution in [0.2, 0.25) is 0 Å². The van der Waals surface area contributed by atoms with Crippen molar-refractivity contribution in [3.8, 4) is 5.75 Å². The number of rotatable bonds is 5. The molecule has 0 saturated heterocycles. The van der Waals surface area contributed by atoms with E-state index in [2.05, 4.69) is 10.4 Å². The number of carbonyl (C=O) groups is 1. The van der Waals surface area contributed by atoms with Crippen LogP contribution in [0.5, 0.6) is 5.75 Å². The van der Waals surface area contributed by atoms with Crippen LogP contribution in [0.15, 0.2) is 30.5 Å². The molecule has 0 aliphatic heterocycles. The molecule has 2 rings (SSSR count). The van der Waals surface area contributed by atoms with Crippen molar-refractivity contribution >= 4 is 5.91 Å². The van der Waals surface area contributed by atoms with Gasteiger partial charge in [-0.15, -0.1) is 0 Å². The molecule has 0 bridgehead atoms. The van der Waals surface area contributed by atoms with Crippen LogP contribution in [-0.2, 0) is 18.3 Å². The predicted octanol–water partition coefficient (Wildman–Crippen LogP) is 2.16. The fourth-order valence-corrected chi connectivity index (χ4v) is 2.24. The molecule has 0 saturated carbocycles. The summed E-state index contributed by atoms with van der Waals surface area (Å²) in [5.74, 6) is 0.787. The predicted molar refractivity (Wildman–Crippen MR) is 81.2 cm³/mol. The number of hydrogen-bond acceptors (Lipinski definition) is 3. The Balaban J connectivity index is 1.96. The lowest BCUT2D eigenvalue weighted by atomic mass is 10.1. The third-order valence-electron chi connectivity index (χ3n) is 3.64. The van der Waals surface area contributed by atoms with Gasteiger partial charge in [0.2, 0.25) is 5.91 Å². The molecule has 21 heavy (non-hydrogen) atoms. The van der Waals surface area contributed by atoms with Crippen molar-refractivity contribution in [3.05, 3.63) is 47.3 Å². The van der Waals surface area contributed by atoms with E-state index in [4.69, 9.17) is 4.74 Å². The maximum atomic E-state index is 12.1. The van der Waals surface area contributed by atoms with E-state index < -0.39 is 0 Å². The lowest BCUT2D eigenvalue weighted by molar-refractivity contribution is -0.121. The molecule has 5 heteroatoms. The highest BCUT2D eigenvalue weighted by atomic mass is 16.5. The van der Waals surface area contributed by atoms with Crippen LogP contribution in [0.25, 0.3) is 0 Å². The van der Waals surface area contributed by atoms with Gasteiger partial charge in [-0.3, -0.25) is 9.48 Å². The Bertz CT molecular complexity index is 617. The molecule has 0 aliphatic rings. The Morgan fingerprint density at radius 1 is 1.38 bits per heavy atom. The van der Waals surface area contributed by atoms with Gasteiger partial charge < -0.3 is 10.1 Å². The quantitative estimate of drug-likeness (QED) is 0.917. The first-order valence-corrected chi connectivity index (χ1v) is 6.92. The average Bonchev–Trinajstić information content (AvgIpc) is 2.79. The largest absolute Gasteiger partial charge is 0.497 e. The molecule has 1 amide bonds. The standard InChI is InChI=1S/C16H21N3O2/c1-11(15-10-17-19(3)12(15)2)18-16(20)9-13-5-7-14(21-4)8-6-13/h5-8,10-11H,9H2,1-4H3,(H,18,20)/t11-/m0/s1. The van der Waals surface area contributed by atoms with Gasteiger partial charge in [-0.2, -0.15) is 5.10 Å². The Kier molecular flexibility index (Phi) is 4.62. The number of aromatic nitrogens is 2. The van der Waals surface area contributed by atoms with E-state index in [1.54, 1.807) is 13.3 Å². The summed E-state index contributed by atoms with van der Waals surface area (Å²) in [5.41, 5.74) is 3.07. The topological polar surface area (TPSA) is 56.1 Å². The molecule has 1 N–H and O–H groups in total. The first kappa shape index (κ1) is 15.1. The van der Waals surface area contributed by atoms with Gasteiger partial charge in [0.15, 0.2) is 0 Å². The minimum atomic E-state index is -0.0514. The van der Waals surface area contributed by atoms with Gasteiger partial charge in [-0.1, -0.05) is 12.1 Å². The minimum absolute atomic E-state index is 0.00378. The molecule has 0 fully saturated rings. The number of methoxy groups -OCH3 is 1. The lowest BCUT2D eigenvalue weighted by Gasteiger charge is -2.14. The zero-order valence-electron chi connectivity index (χ0n) is 12.9. The SMILES string of the molecule is COc1ccc(CC(=O)N[C@@H](C)c2cnn(C)c2C)cc1. The number of aryl methyl sites for hydroxylation is 1. The van der Waals surface area contributed by atoms with Crippen LogP contribution in [0.3, 0.4) is 0 Å². The Labute approximate surface area is 124 Å². The van der Waals surface area contributed by atoms with E-state index in [9.17, 15) is 4.79 Å². The zero-order valence-corrected chi connectivity index (χ0v) is 12.9. The van der Waals surface area contributed by atoms with Gasteiger partial charge >= 0.3 is 0 Å². The molecule has 5 nitrogen and oxygen atoms in total. The van der Waals surface area contributed by atoms with E-state index >= 15 is 0 Å². The highest BCUT2D eigenvalue weighted by molar-refractivity contribution is 5.79. The van der Waals surface area contributed by atoms with E-state index in [1.807, 2.05) is 49.8 Å². The van der Waals surface area contributed by atoms with Gasteiger partial charge in [0.1, 0.15) is 5.75 Å². The number of nitrogens with zero attached hydrogens (tertiary/aromatic N) is 2. The smallest absolute Gasteiger partial charge is 0.224 e. The van der Waals surface area contributed by atoms with Crippen LogP contribution >= 0.6 is 0 Å². The number of amides is 1. The number of hydrogen-bond donors (Lipinski definition) is 1. The van der Waals surface area contributed by atoms with Crippen molar-refractivity contribution in [1.29, 1.82) is 0 Å². The van der Waals surface area contributed by atoms with Gasteiger partial charge in [0, 0.05) is 18.3 Å². The molecule has 0 unspecified atom stereocenters. The second-order valence-electron chi connectivity index (χ2n) is 5.12. The van der Waals surface area contributed by atoms with Crippen LogP contribution in [0, 0.1) is 6.92 Å². The van der Waals surface area contributed by atoms with E-state index in [0.717, 1.165) is 22.6 Å². The minimum Gasteiger partial charge on any atom is -0.497 e. The summed E-state index contributed by atoms with van der Waals surface area (Å²) in [5, 5.41) is 7.20. The van der Waals surface area contributed by atoms with E-state index in [-0.39, 0.29) is 11.9 Å². The second kappa shape index (κ2) is 6.43. The average molecular weight is 287 g/mol. The Morgan fingerprint density at radius 2 is 2.05 bits per heavy atom. The summed E-state index contributed by atoms with van der Waals surface area (Å²) in [6, 6.07) is 7.47. The van der Waals surface area contributed by atoms with Crippen LogP contribution in [0.1, 0.15) is 29.8 Å². The number of benzene rings is 1. The Hall–Kier alpha value is -2.30. The van der Waals surface area contributed by atoms with Crippen molar-refractivity contribution in [3.63, 3.8) is 0 Å². The Morgan fingerprint density at radius 3 is 2.57 bits per heavy atom. The summed E-state index contributed by atoms with van der Waals surface area (Å²) >= 11 is 0. The van der Waals surface area contributed by atoms with Crippen molar-refractivity contribution < 1.29 is 9.53 Å². The normalized spacial score (nSPS) is 12.0. The van der Waals surface area contributed by atoms with Crippen molar-refractivity contribution in [2.75, 3.05) is 7.11 Å². The fraction of sp³-hybridized carbons (Fsp3) is 0.375. The maximum Gasteiger partial charge on any atom is 0.224 e. The maximum absolute atomic E-state index is 12.1. The fourth-order valence-electron chi connectivity index (χ4n) is 2.24.